The first-order valence-corrected chi connectivity index (χ1v) is 3.54. The number of H-pyrrole nitrogens is 1. The normalized spacial score (nSPS) is 24.3. The Balaban J connectivity index is 2.49. The van der Waals surface area contributed by atoms with Crippen LogP contribution in [0.25, 0.3) is 0 Å². The van der Waals surface area contributed by atoms with Gasteiger partial charge in [-0.1, -0.05) is 6.92 Å². The fourth-order valence-electron chi connectivity index (χ4n) is 1.61. The predicted molar refractivity (Wildman–Crippen MR) is 37.5 cm³/mol. The number of rotatable bonds is 0. The molecule has 1 aromatic rings. The van der Waals surface area contributed by atoms with Gasteiger partial charge in [0.15, 0.2) is 0 Å². The second kappa shape index (κ2) is 1.63. The molecule has 0 saturated heterocycles. The van der Waals surface area contributed by atoms with Gasteiger partial charge in [0.25, 0.3) is 0 Å². The summed E-state index contributed by atoms with van der Waals surface area (Å²) in [5.74, 6) is 0.797. The van der Waals surface area contributed by atoms with Crippen molar-refractivity contribution in [2.75, 3.05) is 0 Å². The third kappa shape index (κ3) is 0.607. The molecule has 0 radical (unpaired) electrons. The van der Waals surface area contributed by atoms with Crippen molar-refractivity contribution < 1.29 is 0 Å². The summed E-state index contributed by atoms with van der Waals surface area (Å²) in [6.07, 6.45) is 4.63. The molecule has 1 nitrogen and oxygen atoms in total. The number of fused-ring (bicyclic) bond motifs is 1. The average Bonchev–Trinajstić information content (AvgIpc) is 2.35. The Bertz CT molecular complexity index is 212. The van der Waals surface area contributed by atoms with E-state index >= 15 is 0 Å². The summed E-state index contributed by atoms with van der Waals surface area (Å²) in [4.78, 5) is 3.25. The van der Waals surface area contributed by atoms with Gasteiger partial charge in [0, 0.05) is 11.9 Å². The molecule has 0 aromatic carbocycles. The summed E-state index contributed by atoms with van der Waals surface area (Å²) >= 11 is 0. The van der Waals surface area contributed by atoms with Gasteiger partial charge in [0.2, 0.25) is 0 Å². The van der Waals surface area contributed by atoms with E-state index in [9.17, 15) is 0 Å². The van der Waals surface area contributed by atoms with Gasteiger partial charge in [-0.05, 0) is 30.4 Å². The van der Waals surface area contributed by atoms with Gasteiger partial charge < -0.3 is 4.98 Å². The zero-order valence-corrected chi connectivity index (χ0v) is 5.65. The van der Waals surface area contributed by atoms with Crippen LogP contribution in [0.4, 0.5) is 0 Å². The molecule has 1 atom stereocenters. The summed E-state index contributed by atoms with van der Waals surface area (Å²) < 4.78 is 0. The Labute approximate surface area is 55.1 Å². The summed E-state index contributed by atoms with van der Waals surface area (Å²) in [5.41, 5.74) is 3.00. The van der Waals surface area contributed by atoms with Gasteiger partial charge in [-0.3, -0.25) is 0 Å². The number of hydrogen-bond acceptors (Lipinski definition) is 0. The van der Waals surface area contributed by atoms with Crippen molar-refractivity contribution in [3.05, 3.63) is 23.5 Å². The SMILES string of the molecule is CC1CCc2[nH]ccc21. The van der Waals surface area contributed by atoms with Gasteiger partial charge >= 0.3 is 0 Å². The van der Waals surface area contributed by atoms with Crippen LogP contribution in [0.15, 0.2) is 12.3 Å². The summed E-state index contributed by atoms with van der Waals surface area (Å²) in [6, 6.07) is 2.20. The Kier molecular flexibility index (Phi) is 0.922. The first kappa shape index (κ1) is 5.10. The lowest BCUT2D eigenvalue weighted by atomic mass is 10.1. The minimum atomic E-state index is 0.797. The smallest absolute Gasteiger partial charge is 0.0182 e. The number of aromatic nitrogens is 1. The number of hydrogen-bond donors (Lipinski definition) is 1. The zero-order chi connectivity index (χ0) is 6.27. The lowest BCUT2D eigenvalue weighted by molar-refractivity contribution is 0.742. The predicted octanol–water partition coefficient (Wildman–Crippen LogP) is 2.06. The fourth-order valence-corrected chi connectivity index (χ4v) is 1.61. The third-order valence-corrected chi connectivity index (χ3v) is 2.23. The molecule has 1 aliphatic rings. The number of aryl methyl sites for hydroxylation is 1. The second-order valence-electron chi connectivity index (χ2n) is 2.85. The molecule has 1 unspecified atom stereocenters. The van der Waals surface area contributed by atoms with Crippen LogP contribution in [0, 0.1) is 0 Å². The van der Waals surface area contributed by atoms with E-state index in [0.29, 0.717) is 0 Å². The van der Waals surface area contributed by atoms with Crippen LogP contribution in [0.1, 0.15) is 30.5 Å². The molecule has 0 fully saturated rings. The van der Waals surface area contributed by atoms with E-state index < -0.39 is 0 Å². The molecule has 0 aliphatic heterocycles. The highest BCUT2D eigenvalue weighted by Gasteiger charge is 2.18. The quantitative estimate of drug-likeness (QED) is 0.540. The number of aromatic amines is 1. The third-order valence-electron chi connectivity index (χ3n) is 2.23. The maximum absolute atomic E-state index is 3.25. The largest absolute Gasteiger partial charge is 0.365 e. The highest BCUT2D eigenvalue weighted by atomic mass is 14.7. The highest BCUT2D eigenvalue weighted by molar-refractivity contribution is 5.28. The lowest BCUT2D eigenvalue weighted by Crippen LogP contribution is -1.80. The minimum absolute atomic E-state index is 0.797. The molecule has 0 saturated carbocycles. The highest BCUT2D eigenvalue weighted by Crippen LogP contribution is 2.30. The van der Waals surface area contributed by atoms with Gasteiger partial charge in [-0.2, -0.15) is 0 Å². The minimum Gasteiger partial charge on any atom is -0.365 e. The van der Waals surface area contributed by atoms with Crippen LogP contribution in [-0.2, 0) is 6.42 Å². The van der Waals surface area contributed by atoms with E-state index in [2.05, 4.69) is 18.0 Å². The van der Waals surface area contributed by atoms with Crippen molar-refractivity contribution >= 4 is 0 Å². The number of nitrogens with one attached hydrogen (secondary N) is 1. The molecular weight excluding hydrogens is 110 g/mol. The summed E-state index contributed by atoms with van der Waals surface area (Å²) in [7, 11) is 0. The first-order valence-electron chi connectivity index (χ1n) is 3.54. The molecule has 9 heavy (non-hydrogen) atoms. The van der Waals surface area contributed by atoms with Crippen molar-refractivity contribution in [2.45, 2.75) is 25.7 Å². The van der Waals surface area contributed by atoms with Crippen molar-refractivity contribution in [3.63, 3.8) is 0 Å². The van der Waals surface area contributed by atoms with Crippen molar-refractivity contribution in [2.24, 2.45) is 0 Å². The maximum atomic E-state index is 3.25. The molecule has 1 aromatic heterocycles. The maximum Gasteiger partial charge on any atom is 0.0182 e. The van der Waals surface area contributed by atoms with Gasteiger partial charge in [-0.15, -0.1) is 0 Å². The summed E-state index contributed by atoms with van der Waals surface area (Å²) in [6.45, 7) is 2.29. The lowest BCUT2D eigenvalue weighted by Gasteiger charge is -1.96. The fraction of sp³-hybridized carbons (Fsp3) is 0.500. The molecule has 1 heterocycles. The first-order chi connectivity index (χ1) is 4.38. The molecule has 1 N–H and O–H groups in total. The molecule has 2 rings (SSSR count). The van der Waals surface area contributed by atoms with Gasteiger partial charge in [-0.25, -0.2) is 0 Å². The van der Waals surface area contributed by atoms with Crippen LogP contribution in [0.3, 0.4) is 0 Å². The van der Waals surface area contributed by atoms with Gasteiger partial charge in [0.1, 0.15) is 0 Å². The van der Waals surface area contributed by atoms with E-state index in [-0.39, 0.29) is 0 Å². The second-order valence-corrected chi connectivity index (χ2v) is 2.85. The Morgan fingerprint density at radius 2 is 2.56 bits per heavy atom. The molecule has 1 aliphatic carbocycles. The average molecular weight is 121 g/mol. The van der Waals surface area contributed by atoms with Crippen molar-refractivity contribution in [1.29, 1.82) is 0 Å². The Morgan fingerprint density at radius 3 is 3.33 bits per heavy atom. The molecule has 1 heteroatoms. The molecule has 0 bridgehead atoms. The van der Waals surface area contributed by atoms with Crippen LogP contribution < -0.4 is 0 Å². The van der Waals surface area contributed by atoms with Crippen molar-refractivity contribution in [1.82, 2.24) is 4.98 Å². The van der Waals surface area contributed by atoms with E-state index in [4.69, 9.17) is 0 Å². The van der Waals surface area contributed by atoms with Crippen LogP contribution in [-0.4, -0.2) is 4.98 Å². The topological polar surface area (TPSA) is 15.8 Å². The van der Waals surface area contributed by atoms with Crippen LogP contribution in [0.2, 0.25) is 0 Å². The van der Waals surface area contributed by atoms with E-state index in [1.54, 1.807) is 0 Å². The monoisotopic (exact) mass is 121 g/mol. The van der Waals surface area contributed by atoms with Crippen molar-refractivity contribution in [3.8, 4) is 0 Å². The summed E-state index contributed by atoms with van der Waals surface area (Å²) in [5, 5.41) is 0. The standard InChI is InChI=1S/C8H11N/c1-6-2-3-8-7(6)4-5-9-8/h4-6,9H,2-3H2,1H3. The van der Waals surface area contributed by atoms with Gasteiger partial charge in [0.05, 0.1) is 0 Å². The molecule has 0 amide bonds. The van der Waals surface area contributed by atoms with E-state index in [1.807, 2.05) is 6.20 Å². The molecule has 48 valence electrons. The zero-order valence-electron chi connectivity index (χ0n) is 5.65. The Morgan fingerprint density at radius 1 is 1.67 bits per heavy atom. The molecular formula is C8H11N. The molecule has 0 spiro atoms. The Hall–Kier alpha value is -0.720. The van der Waals surface area contributed by atoms with Crippen LogP contribution >= 0.6 is 0 Å². The van der Waals surface area contributed by atoms with Crippen LogP contribution in [0.5, 0.6) is 0 Å². The van der Waals surface area contributed by atoms with E-state index in [0.717, 1.165) is 5.92 Å². The van der Waals surface area contributed by atoms with E-state index in [1.165, 1.54) is 24.1 Å².